The molecule has 1 aromatic carbocycles. The van der Waals surface area contributed by atoms with Crippen molar-refractivity contribution in [1.82, 2.24) is 5.32 Å². The number of hydrogen-bond acceptors (Lipinski definition) is 2. The molecule has 0 amide bonds. The first-order chi connectivity index (χ1) is 9.65. The SMILES string of the molecule is O=C(O)c1ccc(F)c(CNC2C3C4CCC(C4)C23)c1. The van der Waals surface area contributed by atoms with Crippen LogP contribution in [-0.4, -0.2) is 17.1 Å². The number of carbonyl (C=O) groups is 1. The lowest BCUT2D eigenvalue weighted by Gasteiger charge is -2.11. The number of fused-ring (bicyclic) bond motifs is 5. The number of hydrogen-bond donors (Lipinski definition) is 2. The third kappa shape index (κ3) is 1.78. The second-order valence-electron chi connectivity index (χ2n) is 6.51. The smallest absolute Gasteiger partial charge is 0.335 e. The van der Waals surface area contributed by atoms with Gasteiger partial charge < -0.3 is 10.4 Å². The largest absolute Gasteiger partial charge is 0.478 e. The highest BCUT2D eigenvalue weighted by atomic mass is 19.1. The van der Waals surface area contributed by atoms with Crippen molar-refractivity contribution in [3.63, 3.8) is 0 Å². The van der Waals surface area contributed by atoms with Gasteiger partial charge in [-0.1, -0.05) is 0 Å². The highest BCUT2D eigenvalue weighted by Gasteiger charge is 2.64. The van der Waals surface area contributed by atoms with Gasteiger partial charge in [0.25, 0.3) is 0 Å². The quantitative estimate of drug-likeness (QED) is 0.888. The van der Waals surface area contributed by atoms with Gasteiger partial charge in [0, 0.05) is 18.2 Å². The zero-order valence-corrected chi connectivity index (χ0v) is 11.2. The van der Waals surface area contributed by atoms with Crippen LogP contribution >= 0.6 is 0 Å². The van der Waals surface area contributed by atoms with Gasteiger partial charge in [0.1, 0.15) is 5.82 Å². The molecule has 3 aliphatic rings. The molecule has 1 aromatic rings. The van der Waals surface area contributed by atoms with Crippen LogP contribution in [0, 0.1) is 29.5 Å². The van der Waals surface area contributed by atoms with Crippen molar-refractivity contribution in [3.8, 4) is 0 Å². The van der Waals surface area contributed by atoms with Crippen molar-refractivity contribution in [2.45, 2.75) is 31.8 Å². The summed E-state index contributed by atoms with van der Waals surface area (Å²) in [6.45, 7) is 0.435. The maximum Gasteiger partial charge on any atom is 0.335 e. The molecule has 0 aromatic heterocycles. The van der Waals surface area contributed by atoms with Gasteiger partial charge in [0.15, 0.2) is 0 Å². The average molecular weight is 275 g/mol. The molecule has 3 fully saturated rings. The molecule has 4 heteroatoms. The summed E-state index contributed by atoms with van der Waals surface area (Å²) in [6, 6.07) is 4.54. The summed E-state index contributed by atoms with van der Waals surface area (Å²) < 4.78 is 13.7. The van der Waals surface area contributed by atoms with E-state index in [1.807, 2.05) is 0 Å². The minimum atomic E-state index is -1.01. The summed E-state index contributed by atoms with van der Waals surface area (Å²) in [5, 5.41) is 12.4. The van der Waals surface area contributed by atoms with Crippen molar-refractivity contribution in [3.05, 3.63) is 35.1 Å². The minimum Gasteiger partial charge on any atom is -0.478 e. The highest BCUT2D eigenvalue weighted by molar-refractivity contribution is 5.87. The summed E-state index contributed by atoms with van der Waals surface area (Å²) in [5.41, 5.74) is 0.612. The maximum atomic E-state index is 13.7. The molecule has 3 nitrogen and oxygen atoms in total. The van der Waals surface area contributed by atoms with Crippen LogP contribution in [0.15, 0.2) is 18.2 Å². The molecule has 0 heterocycles. The van der Waals surface area contributed by atoms with Crippen LogP contribution in [0.5, 0.6) is 0 Å². The number of rotatable bonds is 4. The first-order valence-corrected chi connectivity index (χ1v) is 7.40. The summed E-state index contributed by atoms with van der Waals surface area (Å²) in [6.07, 6.45) is 4.14. The van der Waals surface area contributed by atoms with Crippen LogP contribution in [0.3, 0.4) is 0 Å². The molecule has 0 spiro atoms. The normalized spacial score (nSPS) is 37.0. The standard InChI is InChI=1S/C16H18FNO2/c17-12-4-3-10(16(19)20)6-11(12)7-18-15-13-8-1-2-9(5-8)14(13)15/h3-4,6,8-9,13-15,18H,1-2,5,7H2,(H,19,20). The first kappa shape index (κ1) is 12.3. The number of carboxylic acids is 1. The maximum absolute atomic E-state index is 13.7. The summed E-state index contributed by atoms with van der Waals surface area (Å²) in [7, 11) is 0. The molecule has 2 N–H and O–H groups in total. The molecule has 0 saturated heterocycles. The Morgan fingerprint density at radius 1 is 1.30 bits per heavy atom. The predicted molar refractivity (Wildman–Crippen MR) is 71.8 cm³/mol. The zero-order chi connectivity index (χ0) is 13.9. The monoisotopic (exact) mass is 275 g/mol. The molecule has 20 heavy (non-hydrogen) atoms. The van der Waals surface area contributed by atoms with E-state index >= 15 is 0 Å². The van der Waals surface area contributed by atoms with Gasteiger partial charge in [-0.05, 0) is 61.1 Å². The molecule has 2 bridgehead atoms. The molecule has 0 radical (unpaired) electrons. The third-order valence-corrected chi connectivity index (χ3v) is 5.56. The van der Waals surface area contributed by atoms with Crippen LogP contribution in [0.1, 0.15) is 35.2 Å². The fourth-order valence-corrected chi connectivity index (χ4v) is 4.67. The second-order valence-corrected chi connectivity index (χ2v) is 6.51. The van der Waals surface area contributed by atoms with Gasteiger partial charge in [-0.3, -0.25) is 0 Å². The molecular formula is C16H18FNO2. The Morgan fingerprint density at radius 3 is 2.65 bits per heavy atom. The van der Waals surface area contributed by atoms with Gasteiger partial charge >= 0.3 is 5.97 Å². The van der Waals surface area contributed by atoms with Gasteiger partial charge in [0.2, 0.25) is 0 Å². The Balaban J connectivity index is 1.43. The van der Waals surface area contributed by atoms with Crippen molar-refractivity contribution in [1.29, 1.82) is 0 Å². The predicted octanol–water partition coefficient (Wildman–Crippen LogP) is 2.66. The molecule has 3 aliphatic carbocycles. The second kappa shape index (κ2) is 4.29. The Kier molecular flexibility index (Phi) is 2.64. The Labute approximate surface area is 117 Å². The minimum absolute atomic E-state index is 0.152. The van der Waals surface area contributed by atoms with Crippen molar-refractivity contribution < 1.29 is 14.3 Å². The lowest BCUT2D eigenvalue weighted by Crippen LogP contribution is -2.23. The summed E-state index contributed by atoms with van der Waals surface area (Å²) in [4.78, 5) is 10.9. The lowest BCUT2D eigenvalue weighted by molar-refractivity contribution is 0.0696. The molecular weight excluding hydrogens is 257 g/mol. The number of aromatic carboxylic acids is 1. The Bertz CT molecular complexity index is 558. The first-order valence-electron chi connectivity index (χ1n) is 7.40. The van der Waals surface area contributed by atoms with E-state index in [1.54, 1.807) is 0 Å². The lowest BCUT2D eigenvalue weighted by atomic mass is 10.0. The zero-order valence-electron chi connectivity index (χ0n) is 11.2. The van der Waals surface area contributed by atoms with Gasteiger partial charge in [-0.25, -0.2) is 9.18 Å². The average Bonchev–Trinajstić information content (AvgIpc) is 2.81. The molecule has 0 aliphatic heterocycles. The topological polar surface area (TPSA) is 49.3 Å². The van der Waals surface area contributed by atoms with Crippen LogP contribution in [0.2, 0.25) is 0 Å². The third-order valence-electron chi connectivity index (χ3n) is 5.56. The highest BCUT2D eigenvalue weighted by Crippen LogP contribution is 2.65. The van der Waals surface area contributed by atoms with E-state index in [4.69, 9.17) is 5.11 Å². The van der Waals surface area contributed by atoms with Crippen molar-refractivity contribution in [2.75, 3.05) is 0 Å². The van der Waals surface area contributed by atoms with Crippen LogP contribution in [-0.2, 0) is 6.54 Å². The number of halogens is 1. The molecule has 3 saturated carbocycles. The van der Waals surface area contributed by atoms with E-state index in [-0.39, 0.29) is 11.4 Å². The van der Waals surface area contributed by atoms with Crippen LogP contribution in [0.4, 0.5) is 4.39 Å². The van der Waals surface area contributed by atoms with E-state index in [0.717, 1.165) is 23.7 Å². The number of nitrogens with one attached hydrogen (secondary N) is 1. The van der Waals surface area contributed by atoms with Crippen molar-refractivity contribution >= 4 is 5.97 Å². The van der Waals surface area contributed by atoms with E-state index in [1.165, 1.54) is 37.5 Å². The Hall–Kier alpha value is -1.42. The summed E-state index contributed by atoms with van der Waals surface area (Å²) >= 11 is 0. The Morgan fingerprint density at radius 2 is 2.00 bits per heavy atom. The fourth-order valence-electron chi connectivity index (χ4n) is 4.67. The number of carboxylic acid groups (broad SMARTS) is 1. The van der Waals surface area contributed by atoms with Crippen molar-refractivity contribution in [2.24, 2.45) is 23.7 Å². The molecule has 4 rings (SSSR count). The van der Waals surface area contributed by atoms with E-state index in [9.17, 15) is 9.18 Å². The van der Waals surface area contributed by atoms with E-state index in [0.29, 0.717) is 18.2 Å². The number of benzene rings is 1. The molecule has 106 valence electrons. The summed E-state index contributed by atoms with van der Waals surface area (Å²) in [5.74, 6) is 2.05. The van der Waals surface area contributed by atoms with Crippen LogP contribution < -0.4 is 5.32 Å². The fraction of sp³-hybridized carbons (Fsp3) is 0.562. The van der Waals surface area contributed by atoms with Crippen LogP contribution in [0.25, 0.3) is 0 Å². The molecule has 4 atom stereocenters. The van der Waals surface area contributed by atoms with Gasteiger partial charge in [-0.15, -0.1) is 0 Å². The van der Waals surface area contributed by atoms with Gasteiger partial charge in [0.05, 0.1) is 5.56 Å². The van der Waals surface area contributed by atoms with E-state index < -0.39 is 5.97 Å². The van der Waals surface area contributed by atoms with Gasteiger partial charge in [-0.2, -0.15) is 0 Å². The van der Waals surface area contributed by atoms with E-state index in [2.05, 4.69) is 5.32 Å². The molecule has 4 unspecified atom stereocenters.